The van der Waals surface area contributed by atoms with E-state index in [-0.39, 0.29) is 0 Å². The number of aliphatic hydroxyl groups is 1. The van der Waals surface area contributed by atoms with Crippen LogP contribution in [0, 0.1) is 5.41 Å². The third-order valence-corrected chi connectivity index (χ3v) is 3.77. The van der Waals surface area contributed by atoms with Gasteiger partial charge in [-0.3, -0.25) is 4.79 Å². The lowest BCUT2D eigenvalue weighted by atomic mass is 9.92. The molecule has 0 spiro atoms. The fraction of sp³-hybridized carbons (Fsp3) is 0.625. The number of hydrogen-bond donors (Lipinski definition) is 1. The minimum Gasteiger partial charge on any atom is -0.461 e. The monoisotopic (exact) mass is 460 g/mol. The Morgan fingerprint density at radius 1 is 1.00 bits per heavy atom. The molecule has 0 radical (unpaired) electrons. The number of halogens is 9. The molecule has 2 unspecified atom stereocenters. The molecule has 0 saturated carbocycles. The first kappa shape index (κ1) is 27.8. The highest BCUT2D eigenvalue weighted by molar-refractivity contribution is 5.83. The second-order valence-electron chi connectivity index (χ2n) is 6.20. The van der Waals surface area contributed by atoms with E-state index in [1.54, 1.807) is 0 Å². The minimum atomic E-state index is -7.12. The molecule has 5 nitrogen and oxygen atoms in total. The van der Waals surface area contributed by atoms with Crippen molar-refractivity contribution in [3.63, 3.8) is 0 Å². The summed E-state index contributed by atoms with van der Waals surface area (Å²) < 4.78 is 125. The predicted molar refractivity (Wildman–Crippen MR) is 81.9 cm³/mol. The largest absolute Gasteiger partial charge is 0.461 e. The van der Waals surface area contributed by atoms with Gasteiger partial charge in [-0.15, -0.1) is 6.58 Å². The van der Waals surface area contributed by atoms with Gasteiger partial charge in [-0.05, 0) is 6.92 Å². The van der Waals surface area contributed by atoms with Crippen molar-refractivity contribution in [2.24, 2.45) is 5.41 Å². The van der Waals surface area contributed by atoms with Gasteiger partial charge < -0.3 is 14.6 Å². The molecule has 0 rings (SSSR count). The van der Waals surface area contributed by atoms with E-state index in [1.165, 1.54) is 0 Å². The fourth-order valence-electron chi connectivity index (χ4n) is 1.73. The van der Waals surface area contributed by atoms with E-state index in [0.29, 0.717) is 6.08 Å². The molecule has 0 bridgehead atoms. The van der Waals surface area contributed by atoms with Crippen molar-refractivity contribution in [2.45, 2.75) is 43.4 Å². The van der Waals surface area contributed by atoms with Crippen molar-refractivity contribution < 1.29 is 63.7 Å². The van der Waals surface area contributed by atoms with Gasteiger partial charge >= 0.3 is 35.9 Å². The van der Waals surface area contributed by atoms with E-state index in [9.17, 15) is 49.1 Å². The van der Waals surface area contributed by atoms with E-state index in [2.05, 4.69) is 22.6 Å². The van der Waals surface area contributed by atoms with Crippen molar-refractivity contribution in [3.8, 4) is 0 Å². The highest BCUT2D eigenvalue weighted by Gasteiger charge is 2.81. The molecule has 0 aromatic rings. The lowest BCUT2D eigenvalue weighted by Gasteiger charge is -2.35. The maximum absolute atomic E-state index is 13.7. The average Bonchev–Trinajstić information content (AvgIpc) is 2.63. The van der Waals surface area contributed by atoms with Crippen LogP contribution in [0.2, 0.25) is 0 Å². The Hall–Kier alpha value is -2.25. The second kappa shape index (κ2) is 9.27. The molecule has 1 N–H and O–H groups in total. The number of carbonyl (C=O) groups excluding carboxylic acids is 2. The van der Waals surface area contributed by atoms with Gasteiger partial charge in [0.15, 0.2) is 0 Å². The van der Waals surface area contributed by atoms with Crippen molar-refractivity contribution in [1.82, 2.24) is 0 Å². The number of carbonyl (C=O) groups is 2. The molecule has 14 heteroatoms. The number of aliphatic hydroxyl groups excluding tert-OH is 1. The quantitative estimate of drug-likeness (QED) is 0.221. The van der Waals surface area contributed by atoms with Gasteiger partial charge in [-0.2, -0.15) is 39.5 Å². The summed E-state index contributed by atoms with van der Waals surface area (Å²) in [5, 5.41) is 8.97. The summed E-state index contributed by atoms with van der Waals surface area (Å²) in [6.45, 7) is 4.78. The van der Waals surface area contributed by atoms with E-state index < -0.39 is 67.0 Å². The molecule has 0 heterocycles. The lowest BCUT2D eigenvalue weighted by Crippen LogP contribution is -2.61. The molecule has 0 aromatic carbocycles. The van der Waals surface area contributed by atoms with Crippen LogP contribution in [0.4, 0.5) is 39.5 Å². The van der Waals surface area contributed by atoms with Crippen molar-refractivity contribution >= 4 is 11.9 Å². The normalized spacial score (nSPS) is 16.2. The Balaban J connectivity index is 5.57. The summed E-state index contributed by atoms with van der Waals surface area (Å²) in [6.07, 6.45) is -10.7. The van der Waals surface area contributed by atoms with E-state index in [1.807, 2.05) is 0 Å². The third kappa shape index (κ3) is 5.67. The Labute approximate surface area is 164 Å². The van der Waals surface area contributed by atoms with E-state index >= 15 is 0 Å². The van der Waals surface area contributed by atoms with Crippen molar-refractivity contribution in [1.29, 1.82) is 0 Å². The van der Waals surface area contributed by atoms with Gasteiger partial charge in [-0.1, -0.05) is 12.7 Å². The summed E-state index contributed by atoms with van der Waals surface area (Å²) in [6, 6.07) is 0. The first-order valence-electron chi connectivity index (χ1n) is 7.78. The van der Waals surface area contributed by atoms with E-state index in [0.717, 1.165) is 13.0 Å². The molecule has 0 fully saturated rings. The van der Waals surface area contributed by atoms with Crippen molar-refractivity contribution in [2.75, 3.05) is 13.2 Å². The fourth-order valence-corrected chi connectivity index (χ4v) is 1.73. The Bertz CT molecular complexity index is 660. The van der Waals surface area contributed by atoms with Crippen LogP contribution >= 0.6 is 0 Å². The maximum atomic E-state index is 13.7. The van der Waals surface area contributed by atoms with Gasteiger partial charge in [0.2, 0.25) is 0 Å². The first-order chi connectivity index (χ1) is 13.3. The second-order valence-corrected chi connectivity index (χ2v) is 6.20. The number of esters is 2. The molecule has 0 aliphatic rings. The molecule has 0 saturated heterocycles. The van der Waals surface area contributed by atoms with Gasteiger partial charge in [0.1, 0.15) is 18.1 Å². The summed E-state index contributed by atoms with van der Waals surface area (Å²) in [4.78, 5) is 23.1. The highest BCUT2D eigenvalue weighted by atomic mass is 19.4. The van der Waals surface area contributed by atoms with Crippen LogP contribution in [-0.4, -0.2) is 60.3 Å². The molecule has 0 aromatic heterocycles. The van der Waals surface area contributed by atoms with Crippen LogP contribution in [0.25, 0.3) is 0 Å². The van der Waals surface area contributed by atoms with Crippen LogP contribution in [-0.2, 0) is 19.1 Å². The van der Waals surface area contributed by atoms with Crippen molar-refractivity contribution in [3.05, 3.63) is 25.3 Å². The standard InChI is InChI=1S/C16H17F9O5/c1-4-10(27)29-8-12(3,5-2)11(28)30-9(7-26)6-13(17,18)14(19,20)15(21,22)16(23,24)25/h4-5,9,26H,1-2,6-8H2,3H3. The molecule has 0 aliphatic carbocycles. The zero-order valence-electron chi connectivity index (χ0n) is 15.2. The summed E-state index contributed by atoms with van der Waals surface area (Å²) in [5.74, 6) is -22.7. The number of alkyl halides is 9. The molecule has 30 heavy (non-hydrogen) atoms. The zero-order valence-corrected chi connectivity index (χ0v) is 15.2. The minimum absolute atomic E-state index is 0.689. The number of rotatable bonds is 11. The lowest BCUT2D eigenvalue weighted by molar-refractivity contribution is -0.398. The Morgan fingerprint density at radius 3 is 1.87 bits per heavy atom. The molecular weight excluding hydrogens is 443 g/mol. The topological polar surface area (TPSA) is 72.8 Å². The van der Waals surface area contributed by atoms with Crippen LogP contribution in [0.3, 0.4) is 0 Å². The zero-order chi connectivity index (χ0) is 24.2. The number of hydrogen-bond acceptors (Lipinski definition) is 5. The molecule has 174 valence electrons. The third-order valence-electron chi connectivity index (χ3n) is 3.77. The average molecular weight is 460 g/mol. The van der Waals surface area contributed by atoms with Crippen LogP contribution in [0.15, 0.2) is 25.3 Å². The number of ether oxygens (including phenoxy) is 2. The van der Waals surface area contributed by atoms with Gasteiger partial charge in [0.05, 0.1) is 13.0 Å². The van der Waals surface area contributed by atoms with Gasteiger partial charge in [0, 0.05) is 6.08 Å². The van der Waals surface area contributed by atoms with Gasteiger partial charge in [0.25, 0.3) is 0 Å². The summed E-state index contributed by atoms with van der Waals surface area (Å²) in [5.41, 5.74) is -1.97. The predicted octanol–water partition coefficient (Wildman–Crippen LogP) is 3.67. The highest BCUT2D eigenvalue weighted by Crippen LogP contribution is 2.54. The van der Waals surface area contributed by atoms with E-state index in [4.69, 9.17) is 5.11 Å². The smallest absolute Gasteiger partial charge is 0.460 e. The molecule has 0 amide bonds. The molecule has 2 atom stereocenters. The maximum Gasteiger partial charge on any atom is 0.460 e. The molecule has 0 aliphatic heterocycles. The van der Waals surface area contributed by atoms with Crippen LogP contribution in [0.1, 0.15) is 13.3 Å². The first-order valence-corrected chi connectivity index (χ1v) is 7.78. The van der Waals surface area contributed by atoms with Crippen LogP contribution < -0.4 is 0 Å². The summed E-state index contributed by atoms with van der Waals surface area (Å²) >= 11 is 0. The van der Waals surface area contributed by atoms with Crippen LogP contribution in [0.5, 0.6) is 0 Å². The Morgan fingerprint density at radius 2 is 1.50 bits per heavy atom. The summed E-state index contributed by atoms with van der Waals surface area (Å²) in [7, 11) is 0. The SMILES string of the molecule is C=CC(=O)OCC(C)(C=C)C(=O)OC(CO)CC(F)(F)C(F)(F)C(F)(F)C(F)(F)F. The Kier molecular flexibility index (Phi) is 8.57. The van der Waals surface area contributed by atoms with Gasteiger partial charge in [-0.25, -0.2) is 4.79 Å². The molecular formula is C16H17F9O5.